The van der Waals surface area contributed by atoms with Gasteiger partial charge in [-0.05, 0) is 55.7 Å². The SMILES string of the molecule is Cc1cc(NC(=O)NC2CCCSC2)cc(C(=O)O)c1C. The zero-order valence-electron chi connectivity index (χ0n) is 12.2. The molecule has 1 unspecified atom stereocenters. The van der Waals surface area contributed by atoms with Crippen LogP contribution in [-0.4, -0.2) is 34.7 Å². The Morgan fingerprint density at radius 2 is 2.10 bits per heavy atom. The standard InChI is InChI=1S/C15H20N2O3S/c1-9-6-12(7-13(10(9)2)14(18)19)17-15(20)16-11-4-3-5-21-8-11/h6-7,11H,3-5,8H2,1-2H3,(H,18,19)(H2,16,17,20). The maximum atomic E-state index is 12.0. The number of anilines is 1. The van der Waals surface area contributed by atoms with Crippen LogP contribution in [-0.2, 0) is 0 Å². The number of benzene rings is 1. The van der Waals surface area contributed by atoms with Crippen LogP contribution in [0.5, 0.6) is 0 Å². The van der Waals surface area contributed by atoms with Crippen molar-refractivity contribution in [3.8, 4) is 0 Å². The Balaban J connectivity index is 2.05. The molecule has 1 aromatic rings. The highest BCUT2D eigenvalue weighted by Gasteiger charge is 2.17. The Hall–Kier alpha value is -1.69. The van der Waals surface area contributed by atoms with Crippen molar-refractivity contribution in [1.82, 2.24) is 5.32 Å². The summed E-state index contributed by atoms with van der Waals surface area (Å²) < 4.78 is 0. The Bertz CT molecular complexity index is 554. The molecule has 0 spiro atoms. The molecule has 6 heteroatoms. The number of urea groups is 1. The van der Waals surface area contributed by atoms with Gasteiger partial charge in [0, 0.05) is 17.5 Å². The highest BCUT2D eigenvalue weighted by Crippen LogP contribution is 2.21. The van der Waals surface area contributed by atoms with Crippen molar-refractivity contribution in [3.05, 3.63) is 28.8 Å². The van der Waals surface area contributed by atoms with Crippen molar-refractivity contribution < 1.29 is 14.7 Å². The van der Waals surface area contributed by atoms with Gasteiger partial charge >= 0.3 is 12.0 Å². The van der Waals surface area contributed by atoms with Gasteiger partial charge in [-0.1, -0.05) is 0 Å². The Morgan fingerprint density at radius 3 is 2.71 bits per heavy atom. The number of rotatable bonds is 3. The predicted octanol–water partition coefficient (Wildman–Crippen LogP) is 3.02. The van der Waals surface area contributed by atoms with Crippen LogP contribution in [0, 0.1) is 13.8 Å². The van der Waals surface area contributed by atoms with E-state index in [1.165, 1.54) is 6.07 Å². The van der Waals surface area contributed by atoms with Crippen molar-refractivity contribution >= 4 is 29.4 Å². The smallest absolute Gasteiger partial charge is 0.336 e. The number of aryl methyl sites for hydroxylation is 1. The van der Waals surface area contributed by atoms with Gasteiger partial charge in [-0.2, -0.15) is 11.8 Å². The Morgan fingerprint density at radius 1 is 1.33 bits per heavy atom. The summed E-state index contributed by atoms with van der Waals surface area (Å²) in [6.07, 6.45) is 2.11. The van der Waals surface area contributed by atoms with Crippen LogP contribution in [0.1, 0.15) is 34.3 Å². The first-order chi connectivity index (χ1) is 9.97. The average molecular weight is 308 g/mol. The first-order valence-electron chi connectivity index (χ1n) is 6.97. The van der Waals surface area contributed by atoms with Gasteiger partial charge in [0.15, 0.2) is 0 Å². The van der Waals surface area contributed by atoms with Crippen molar-refractivity contribution in [3.63, 3.8) is 0 Å². The van der Waals surface area contributed by atoms with E-state index in [-0.39, 0.29) is 17.6 Å². The first-order valence-corrected chi connectivity index (χ1v) is 8.12. The fourth-order valence-electron chi connectivity index (χ4n) is 2.36. The molecular weight excluding hydrogens is 288 g/mol. The van der Waals surface area contributed by atoms with Gasteiger partial charge in [-0.3, -0.25) is 0 Å². The Kier molecular flexibility index (Phi) is 5.12. The lowest BCUT2D eigenvalue weighted by Gasteiger charge is -2.22. The minimum absolute atomic E-state index is 0.189. The third-order valence-electron chi connectivity index (χ3n) is 3.65. The number of hydrogen-bond acceptors (Lipinski definition) is 3. The monoisotopic (exact) mass is 308 g/mol. The van der Waals surface area contributed by atoms with Gasteiger partial charge in [-0.25, -0.2) is 9.59 Å². The molecule has 2 amide bonds. The van der Waals surface area contributed by atoms with Gasteiger partial charge in [-0.15, -0.1) is 0 Å². The van der Waals surface area contributed by atoms with E-state index in [2.05, 4.69) is 10.6 Å². The van der Waals surface area contributed by atoms with Crippen LogP contribution < -0.4 is 10.6 Å². The molecule has 1 saturated heterocycles. The van der Waals surface area contributed by atoms with Crippen molar-refractivity contribution in [2.24, 2.45) is 0 Å². The van der Waals surface area contributed by atoms with E-state index in [1.54, 1.807) is 13.0 Å². The molecule has 1 aromatic carbocycles. The fraction of sp³-hybridized carbons (Fsp3) is 0.467. The number of amides is 2. The summed E-state index contributed by atoms with van der Waals surface area (Å²) in [4.78, 5) is 23.2. The number of carbonyl (C=O) groups is 2. The van der Waals surface area contributed by atoms with Crippen LogP contribution in [0.25, 0.3) is 0 Å². The summed E-state index contributed by atoms with van der Waals surface area (Å²) in [6.45, 7) is 3.60. The molecule has 1 heterocycles. The lowest BCUT2D eigenvalue weighted by Crippen LogP contribution is -2.40. The van der Waals surface area contributed by atoms with Crippen molar-refractivity contribution in [2.75, 3.05) is 16.8 Å². The molecule has 5 nitrogen and oxygen atoms in total. The topological polar surface area (TPSA) is 78.4 Å². The lowest BCUT2D eigenvalue weighted by molar-refractivity contribution is 0.0696. The number of carboxylic acid groups (broad SMARTS) is 1. The molecular formula is C15H20N2O3S. The van der Waals surface area contributed by atoms with Gasteiger partial charge < -0.3 is 15.7 Å². The van der Waals surface area contributed by atoms with Gasteiger partial charge in [0.05, 0.1) is 5.56 Å². The minimum Gasteiger partial charge on any atom is -0.478 e. The van der Waals surface area contributed by atoms with Crippen LogP contribution in [0.2, 0.25) is 0 Å². The highest BCUT2D eigenvalue weighted by atomic mass is 32.2. The number of carboxylic acids is 1. The molecule has 1 aliphatic heterocycles. The molecule has 1 fully saturated rings. The second kappa shape index (κ2) is 6.85. The predicted molar refractivity (Wildman–Crippen MR) is 85.4 cm³/mol. The molecule has 0 saturated carbocycles. The molecule has 1 atom stereocenters. The van der Waals surface area contributed by atoms with Crippen LogP contribution >= 0.6 is 11.8 Å². The lowest BCUT2D eigenvalue weighted by atomic mass is 10.0. The molecule has 0 aliphatic carbocycles. The van der Waals surface area contributed by atoms with Crippen LogP contribution in [0.3, 0.4) is 0 Å². The quantitative estimate of drug-likeness (QED) is 0.802. The summed E-state index contributed by atoms with van der Waals surface area (Å²) in [5.74, 6) is 1.10. The van der Waals surface area contributed by atoms with Crippen molar-refractivity contribution in [1.29, 1.82) is 0 Å². The minimum atomic E-state index is -0.983. The summed E-state index contributed by atoms with van der Waals surface area (Å²) in [6, 6.07) is 3.20. The maximum absolute atomic E-state index is 12.0. The summed E-state index contributed by atoms with van der Waals surface area (Å²) in [5, 5.41) is 14.8. The summed E-state index contributed by atoms with van der Waals surface area (Å²) in [5.41, 5.74) is 2.30. The summed E-state index contributed by atoms with van der Waals surface area (Å²) >= 11 is 1.84. The van der Waals surface area contributed by atoms with E-state index in [9.17, 15) is 14.7 Å². The number of thioether (sulfide) groups is 1. The molecule has 114 valence electrons. The largest absolute Gasteiger partial charge is 0.478 e. The first kappa shape index (κ1) is 15.7. The third-order valence-corrected chi connectivity index (χ3v) is 4.87. The number of nitrogens with one attached hydrogen (secondary N) is 2. The van der Waals surface area contributed by atoms with E-state index >= 15 is 0 Å². The molecule has 0 radical (unpaired) electrons. The zero-order chi connectivity index (χ0) is 15.4. The second-order valence-electron chi connectivity index (χ2n) is 5.28. The van der Waals surface area contributed by atoms with Gasteiger partial charge in [0.25, 0.3) is 0 Å². The van der Waals surface area contributed by atoms with Gasteiger partial charge in [0.1, 0.15) is 0 Å². The average Bonchev–Trinajstić information content (AvgIpc) is 2.43. The number of aromatic carboxylic acids is 1. The zero-order valence-corrected chi connectivity index (χ0v) is 13.0. The number of carbonyl (C=O) groups excluding carboxylic acids is 1. The molecule has 3 N–H and O–H groups in total. The normalized spacial score (nSPS) is 18.1. The molecule has 1 aliphatic rings. The fourth-order valence-corrected chi connectivity index (χ4v) is 3.43. The third kappa shape index (κ3) is 4.14. The van der Waals surface area contributed by atoms with E-state index in [4.69, 9.17) is 0 Å². The Labute approximate surface area is 128 Å². The van der Waals surface area contributed by atoms with Crippen LogP contribution in [0.15, 0.2) is 12.1 Å². The van der Waals surface area contributed by atoms with Crippen molar-refractivity contribution in [2.45, 2.75) is 32.7 Å². The van der Waals surface area contributed by atoms with E-state index in [0.29, 0.717) is 5.69 Å². The second-order valence-corrected chi connectivity index (χ2v) is 6.43. The van der Waals surface area contributed by atoms with E-state index < -0.39 is 5.97 Å². The molecule has 0 bridgehead atoms. The van der Waals surface area contributed by atoms with Crippen LogP contribution in [0.4, 0.5) is 10.5 Å². The van der Waals surface area contributed by atoms with Gasteiger partial charge in [0.2, 0.25) is 0 Å². The number of hydrogen-bond donors (Lipinski definition) is 3. The molecule has 21 heavy (non-hydrogen) atoms. The summed E-state index contributed by atoms with van der Waals surface area (Å²) in [7, 11) is 0. The highest BCUT2D eigenvalue weighted by molar-refractivity contribution is 7.99. The molecule has 0 aromatic heterocycles. The molecule has 2 rings (SSSR count). The van der Waals surface area contributed by atoms with E-state index in [1.807, 2.05) is 18.7 Å². The van der Waals surface area contributed by atoms with E-state index in [0.717, 1.165) is 35.5 Å². The maximum Gasteiger partial charge on any atom is 0.336 e.